The second kappa shape index (κ2) is 5.61. The van der Waals surface area contributed by atoms with Gasteiger partial charge < -0.3 is 5.32 Å². The van der Waals surface area contributed by atoms with Crippen LogP contribution in [0.3, 0.4) is 0 Å². The van der Waals surface area contributed by atoms with Gasteiger partial charge in [0.05, 0.1) is 12.1 Å². The zero-order valence-electron chi connectivity index (χ0n) is 11.0. The summed E-state index contributed by atoms with van der Waals surface area (Å²) in [7, 11) is 0. The third-order valence-electron chi connectivity index (χ3n) is 3.35. The van der Waals surface area contributed by atoms with E-state index in [1.165, 1.54) is 10.9 Å². The summed E-state index contributed by atoms with van der Waals surface area (Å²) in [5.74, 6) is 1.13. The maximum atomic E-state index is 4.67. The van der Waals surface area contributed by atoms with Crippen molar-refractivity contribution in [3.63, 3.8) is 0 Å². The van der Waals surface area contributed by atoms with Crippen LogP contribution in [-0.4, -0.2) is 21.9 Å². The lowest BCUT2D eigenvalue weighted by atomic mass is 10.1. The van der Waals surface area contributed by atoms with Crippen molar-refractivity contribution in [1.29, 1.82) is 0 Å². The predicted molar refractivity (Wildman–Crippen MR) is 82.6 cm³/mol. The Morgan fingerprint density at radius 2 is 2.26 bits per heavy atom. The summed E-state index contributed by atoms with van der Waals surface area (Å²) >= 11 is 1.82. The fraction of sp³-hybridized carbons (Fsp3) is 0.333. The minimum absolute atomic E-state index is 0.578. The maximum Gasteiger partial charge on any atom is 0.157 e. The van der Waals surface area contributed by atoms with Gasteiger partial charge in [0.1, 0.15) is 0 Å². The van der Waals surface area contributed by atoms with Crippen molar-refractivity contribution in [1.82, 2.24) is 10.3 Å². The highest BCUT2D eigenvalue weighted by molar-refractivity contribution is 8.14. The van der Waals surface area contributed by atoms with Crippen molar-refractivity contribution < 1.29 is 0 Å². The minimum Gasteiger partial charge on any atom is -0.361 e. The van der Waals surface area contributed by atoms with Crippen LogP contribution in [-0.2, 0) is 6.54 Å². The number of fused-ring (bicyclic) bond motifs is 1. The third-order valence-corrected chi connectivity index (χ3v) is 4.44. The van der Waals surface area contributed by atoms with Crippen molar-refractivity contribution in [2.75, 3.05) is 5.75 Å². The summed E-state index contributed by atoms with van der Waals surface area (Å²) in [4.78, 5) is 9.13. The summed E-state index contributed by atoms with van der Waals surface area (Å²) < 4.78 is 0. The zero-order valence-corrected chi connectivity index (χ0v) is 11.8. The van der Waals surface area contributed by atoms with Gasteiger partial charge in [0.15, 0.2) is 5.17 Å². The number of rotatable bonds is 3. The van der Waals surface area contributed by atoms with Gasteiger partial charge in [-0.1, -0.05) is 43.0 Å². The average Bonchev–Trinajstić information content (AvgIpc) is 2.93. The number of thioether (sulfide) groups is 1. The molecule has 1 saturated heterocycles. The Labute approximate surface area is 117 Å². The smallest absolute Gasteiger partial charge is 0.157 e. The highest BCUT2D eigenvalue weighted by Crippen LogP contribution is 2.19. The van der Waals surface area contributed by atoms with Crippen LogP contribution in [0, 0.1) is 0 Å². The van der Waals surface area contributed by atoms with Gasteiger partial charge in [-0.25, -0.2) is 0 Å². The molecular formula is C15H17N3S. The number of benzene rings is 1. The fourth-order valence-corrected chi connectivity index (χ4v) is 3.28. The summed E-state index contributed by atoms with van der Waals surface area (Å²) in [5.41, 5.74) is 2.25. The molecule has 3 nitrogen and oxygen atoms in total. The molecule has 2 aromatic rings. The first kappa shape index (κ1) is 12.5. The lowest BCUT2D eigenvalue weighted by molar-refractivity contribution is 0.667. The SMILES string of the molecule is CCC1CSC(=NCc2cccc3cccnc23)N1. The fourth-order valence-electron chi connectivity index (χ4n) is 2.20. The molecule has 1 unspecified atom stereocenters. The number of aliphatic imine (C=N–C) groups is 1. The summed E-state index contributed by atoms with van der Waals surface area (Å²) in [6, 6.07) is 10.9. The van der Waals surface area contributed by atoms with Gasteiger partial charge in [-0.2, -0.15) is 0 Å². The summed E-state index contributed by atoms with van der Waals surface area (Å²) in [5, 5.41) is 5.70. The third kappa shape index (κ3) is 2.73. The number of hydrogen-bond acceptors (Lipinski definition) is 3. The van der Waals surface area contributed by atoms with E-state index in [0.29, 0.717) is 12.6 Å². The molecule has 0 saturated carbocycles. The Bertz CT molecular complexity index is 604. The lowest BCUT2D eigenvalue weighted by Crippen LogP contribution is -2.25. The zero-order chi connectivity index (χ0) is 13.1. The Morgan fingerprint density at radius 3 is 3.11 bits per heavy atom. The van der Waals surface area contributed by atoms with Crippen LogP contribution in [0.1, 0.15) is 18.9 Å². The molecule has 0 aliphatic carbocycles. The number of para-hydroxylation sites is 1. The Morgan fingerprint density at radius 1 is 1.37 bits per heavy atom. The van der Waals surface area contributed by atoms with E-state index in [9.17, 15) is 0 Å². The van der Waals surface area contributed by atoms with Crippen LogP contribution in [0.5, 0.6) is 0 Å². The number of nitrogens with one attached hydrogen (secondary N) is 1. The van der Waals surface area contributed by atoms with Gasteiger partial charge in [0.2, 0.25) is 0 Å². The first-order chi connectivity index (χ1) is 9.36. The predicted octanol–water partition coefficient (Wildman–Crippen LogP) is 3.21. The number of aromatic nitrogens is 1. The standard InChI is InChI=1S/C15H17N3S/c1-2-13-10-19-15(18-13)17-9-12-6-3-5-11-7-4-8-16-14(11)12/h3-8,13H,2,9-10H2,1H3,(H,17,18). The topological polar surface area (TPSA) is 37.3 Å². The van der Waals surface area contributed by atoms with E-state index in [1.807, 2.05) is 24.0 Å². The number of amidine groups is 1. The highest BCUT2D eigenvalue weighted by Gasteiger charge is 2.17. The van der Waals surface area contributed by atoms with Crippen LogP contribution in [0.25, 0.3) is 10.9 Å². The quantitative estimate of drug-likeness (QED) is 0.931. The van der Waals surface area contributed by atoms with Gasteiger partial charge in [0, 0.05) is 23.4 Å². The van der Waals surface area contributed by atoms with Gasteiger partial charge in [-0.3, -0.25) is 9.98 Å². The number of pyridine rings is 1. The molecule has 4 heteroatoms. The monoisotopic (exact) mass is 271 g/mol. The van der Waals surface area contributed by atoms with Gasteiger partial charge in [-0.05, 0) is 18.1 Å². The van der Waals surface area contributed by atoms with E-state index in [4.69, 9.17) is 0 Å². The lowest BCUT2D eigenvalue weighted by Gasteiger charge is -2.06. The minimum atomic E-state index is 0.578. The number of nitrogens with zero attached hydrogens (tertiary/aromatic N) is 2. The normalized spacial score (nSPS) is 20.9. The molecule has 19 heavy (non-hydrogen) atoms. The molecule has 0 spiro atoms. The molecule has 1 aliphatic rings. The maximum absolute atomic E-state index is 4.67. The van der Waals surface area contributed by atoms with E-state index in [0.717, 1.165) is 22.9 Å². The van der Waals surface area contributed by atoms with E-state index >= 15 is 0 Å². The first-order valence-electron chi connectivity index (χ1n) is 6.63. The van der Waals surface area contributed by atoms with Crippen LogP contribution < -0.4 is 5.32 Å². The molecule has 1 aliphatic heterocycles. The molecule has 1 atom stereocenters. The highest BCUT2D eigenvalue weighted by atomic mass is 32.2. The Hall–Kier alpha value is -1.55. The summed E-state index contributed by atoms with van der Waals surface area (Å²) in [6.07, 6.45) is 3.00. The summed E-state index contributed by atoms with van der Waals surface area (Å²) in [6.45, 7) is 2.90. The molecule has 1 aromatic heterocycles. The van der Waals surface area contributed by atoms with Crippen LogP contribution >= 0.6 is 11.8 Å². The van der Waals surface area contributed by atoms with Crippen molar-refractivity contribution in [3.05, 3.63) is 42.1 Å². The molecule has 1 N–H and O–H groups in total. The first-order valence-corrected chi connectivity index (χ1v) is 7.62. The second-order valence-corrected chi connectivity index (χ2v) is 5.68. The molecule has 0 radical (unpaired) electrons. The molecular weight excluding hydrogens is 254 g/mol. The largest absolute Gasteiger partial charge is 0.361 e. The Kier molecular flexibility index (Phi) is 3.69. The van der Waals surface area contributed by atoms with Crippen LogP contribution in [0.2, 0.25) is 0 Å². The van der Waals surface area contributed by atoms with E-state index < -0.39 is 0 Å². The van der Waals surface area contributed by atoms with Gasteiger partial charge in [0.25, 0.3) is 0 Å². The molecule has 98 valence electrons. The average molecular weight is 271 g/mol. The van der Waals surface area contributed by atoms with Crippen molar-refractivity contribution >= 4 is 27.8 Å². The van der Waals surface area contributed by atoms with E-state index in [1.54, 1.807) is 0 Å². The van der Waals surface area contributed by atoms with Gasteiger partial charge >= 0.3 is 0 Å². The van der Waals surface area contributed by atoms with Crippen molar-refractivity contribution in [2.45, 2.75) is 25.9 Å². The van der Waals surface area contributed by atoms with Crippen LogP contribution in [0.15, 0.2) is 41.5 Å². The molecule has 1 aromatic carbocycles. The Balaban J connectivity index is 1.81. The van der Waals surface area contributed by atoms with E-state index in [2.05, 4.69) is 46.5 Å². The van der Waals surface area contributed by atoms with Crippen molar-refractivity contribution in [3.8, 4) is 0 Å². The molecule has 0 bridgehead atoms. The van der Waals surface area contributed by atoms with Crippen LogP contribution in [0.4, 0.5) is 0 Å². The van der Waals surface area contributed by atoms with E-state index in [-0.39, 0.29) is 0 Å². The second-order valence-electron chi connectivity index (χ2n) is 4.67. The number of hydrogen-bond donors (Lipinski definition) is 1. The molecule has 2 heterocycles. The molecule has 1 fully saturated rings. The molecule has 0 amide bonds. The van der Waals surface area contributed by atoms with Crippen molar-refractivity contribution in [2.24, 2.45) is 4.99 Å². The van der Waals surface area contributed by atoms with Gasteiger partial charge in [-0.15, -0.1) is 0 Å². The molecule has 3 rings (SSSR count).